The summed E-state index contributed by atoms with van der Waals surface area (Å²) in [6.45, 7) is -9.82. The number of amides is 1. The highest BCUT2D eigenvalue weighted by Crippen LogP contribution is 2.58. The lowest BCUT2D eigenvalue weighted by molar-refractivity contribution is -0.130. The minimum absolute atomic E-state index is 0.0547. The van der Waals surface area contributed by atoms with E-state index in [1.165, 1.54) is 28.5 Å². The number of ether oxygens (including phenoxy) is 2. The van der Waals surface area contributed by atoms with Crippen molar-refractivity contribution in [2.75, 3.05) is 18.9 Å². The third kappa shape index (κ3) is 5.78. The van der Waals surface area contributed by atoms with Gasteiger partial charge in [-0.3, -0.25) is 39.0 Å². The summed E-state index contributed by atoms with van der Waals surface area (Å²) in [6, 6.07) is -0.917. The van der Waals surface area contributed by atoms with Crippen LogP contribution in [0.25, 0.3) is 11.2 Å². The van der Waals surface area contributed by atoms with Crippen molar-refractivity contribution in [3.05, 3.63) is 12.7 Å². The van der Waals surface area contributed by atoms with E-state index in [-0.39, 0.29) is 17.0 Å². The maximum Gasteiger partial charge on any atom is 0.386 e. The molecule has 7 heterocycles. The number of aromatic nitrogens is 4. The lowest BCUT2D eigenvalue weighted by Crippen LogP contribution is -2.70. The second-order valence-electron chi connectivity index (χ2n) is 10.6. The Morgan fingerprint density at radius 2 is 1.89 bits per heavy atom. The number of nitrogens with zero attached hydrogens (tertiary/aromatic N) is 6. The lowest BCUT2D eigenvalue weighted by atomic mass is 10.1. The molecule has 2 bridgehead atoms. The first-order chi connectivity index (χ1) is 21.3. The number of anilines is 1. The van der Waals surface area contributed by atoms with Gasteiger partial charge in [-0.1, -0.05) is 12.2 Å². The van der Waals surface area contributed by atoms with E-state index in [2.05, 4.69) is 42.8 Å². The molecule has 5 aliphatic heterocycles. The lowest BCUT2D eigenvalue weighted by Gasteiger charge is -2.39. The van der Waals surface area contributed by atoms with E-state index in [1.807, 2.05) is 0 Å². The molecule has 13 atom stereocenters. The first-order valence-corrected chi connectivity index (χ1v) is 18.6. The summed E-state index contributed by atoms with van der Waals surface area (Å²) in [7, 11) is 0. The standard InChI is InChI=1S/C20H27FN10O10P2S2/c21-8-12-7(39-18(8)30-4-26-9-14(22)24-3-25-15(9)30)2-37-43(35,45)41-13-11(32)6(1-36-42(34,44)40-12)38-19(13)31-5-27-10-16(31)28-20(23)29-17(10)33/h3-8,10-13,16,18-20,28,32H,1-2,23H2,(H,29,33)(H,34,44)(H,35,45)(H2,22,24,25)/t6-,7-,8+,10?,11?,12?,13+,16?,18-,19-,20?,42?,43?/m1/s1. The van der Waals surface area contributed by atoms with Crippen LogP contribution in [0.4, 0.5) is 10.2 Å². The summed E-state index contributed by atoms with van der Waals surface area (Å²) in [5, 5.41) is 16.6. The van der Waals surface area contributed by atoms with Crippen molar-refractivity contribution >= 4 is 66.8 Å². The molecule has 4 saturated heterocycles. The number of nitrogen functional groups attached to an aromatic ring is 1. The molecule has 1 amide bonds. The molecule has 20 nitrogen and oxygen atoms in total. The molecule has 45 heavy (non-hydrogen) atoms. The predicted octanol–water partition coefficient (Wildman–Crippen LogP) is -2.20. The van der Waals surface area contributed by atoms with Crippen LogP contribution in [0.1, 0.15) is 6.23 Å². The van der Waals surface area contributed by atoms with Gasteiger partial charge in [-0.25, -0.2) is 23.9 Å². The molecule has 2 aromatic heterocycles. The molecule has 2 aromatic rings. The minimum atomic E-state index is -4.38. The van der Waals surface area contributed by atoms with Crippen LogP contribution < -0.4 is 22.1 Å². The predicted molar refractivity (Wildman–Crippen MR) is 155 cm³/mol. The highest BCUT2D eigenvalue weighted by atomic mass is 32.7. The first kappa shape index (κ1) is 31.6. The maximum absolute atomic E-state index is 16.0. The molecule has 4 fully saturated rings. The topological polar surface area (TPSA) is 265 Å². The molecule has 0 aromatic carbocycles. The van der Waals surface area contributed by atoms with Gasteiger partial charge in [-0.15, -0.1) is 0 Å². The van der Waals surface area contributed by atoms with E-state index in [9.17, 15) is 19.4 Å². The fraction of sp³-hybridized carbons (Fsp3) is 0.650. The second kappa shape index (κ2) is 11.6. The van der Waals surface area contributed by atoms with E-state index < -0.39 is 100 Å². The van der Waals surface area contributed by atoms with Crippen molar-refractivity contribution in [2.24, 2.45) is 10.7 Å². The zero-order chi connectivity index (χ0) is 31.8. The van der Waals surface area contributed by atoms with Crippen LogP contribution in [0.2, 0.25) is 0 Å². The van der Waals surface area contributed by atoms with Gasteiger partial charge >= 0.3 is 13.5 Å². The Balaban J connectivity index is 1.16. The van der Waals surface area contributed by atoms with Crippen molar-refractivity contribution in [1.82, 2.24) is 35.1 Å². The Labute approximate surface area is 262 Å². The highest BCUT2D eigenvalue weighted by Gasteiger charge is 2.56. The zero-order valence-corrected chi connectivity index (χ0v) is 26.1. The summed E-state index contributed by atoms with van der Waals surface area (Å²) < 4.78 is 64.7. The van der Waals surface area contributed by atoms with Crippen LogP contribution in [0, 0.1) is 0 Å². The Hall–Kier alpha value is -1.95. The fourth-order valence-corrected chi connectivity index (χ4v) is 8.59. The van der Waals surface area contributed by atoms with E-state index in [0.29, 0.717) is 0 Å². The van der Waals surface area contributed by atoms with E-state index in [0.717, 1.165) is 0 Å². The average molecular weight is 713 g/mol. The summed E-state index contributed by atoms with van der Waals surface area (Å²) >= 11 is 9.25. The van der Waals surface area contributed by atoms with Gasteiger partial charge in [0.15, 0.2) is 36.1 Å². The second-order valence-corrected chi connectivity index (χ2v) is 16.2. The molecule has 0 saturated carbocycles. The van der Waals surface area contributed by atoms with Gasteiger partial charge in [0.2, 0.25) is 0 Å². The van der Waals surface area contributed by atoms with Gasteiger partial charge in [-0.2, -0.15) is 0 Å². The van der Waals surface area contributed by atoms with Crippen molar-refractivity contribution in [3.8, 4) is 0 Å². The summed E-state index contributed by atoms with van der Waals surface area (Å²) in [5.74, 6) is -0.402. The maximum atomic E-state index is 16.0. The van der Waals surface area contributed by atoms with Crippen molar-refractivity contribution in [3.63, 3.8) is 0 Å². The Morgan fingerprint density at radius 1 is 1.13 bits per heavy atom. The van der Waals surface area contributed by atoms with Crippen molar-refractivity contribution in [2.45, 2.75) is 67.6 Å². The molecule has 0 radical (unpaired) electrons. The fourth-order valence-electron chi connectivity index (χ4n) is 5.69. The SMILES string of the molecule is Nc1ncnc2c1ncn2[C@@H]1O[C@@H]2COP(O)(=S)O[C@H]3C(O)[C@@H](COP(=O)(S)OC2[C@@H]1F)O[C@H]3N1C=NC2C(=O)NC(N)NC21. The number of alkyl halides is 1. The van der Waals surface area contributed by atoms with Gasteiger partial charge in [0, 0.05) is 0 Å². The van der Waals surface area contributed by atoms with E-state index in [4.69, 9.17) is 50.8 Å². The molecule has 246 valence electrons. The van der Waals surface area contributed by atoms with Gasteiger partial charge in [0.05, 0.1) is 25.9 Å². The number of halogens is 1. The van der Waals surface area contributed by atoms with E-state index in [1.54, 1.807) is 0 Å². The third-order valence-electron chi connectivity index (χ3n) is 7.75. The first-order valence-electron chi connectivity index (χ1n) is 13.3. The normalized spacial score (nSPS) is 45.4. The summed E-state index contributed by atoms with van der Waals surface area (Å²) in [5.41, 5.74) is 12.1. The molecule has 8 N–H and O–H groups in total. The molecule has 25 heteroatoms. The quantitative estimate of drug-likeness (QED) is 0.129. The zero-order valence-electron chi connectivity index (χ0n) is 22.6. The van der Waals surface area contributed by atoms with Crippen molar-refractivity contribution in [1.29, 1.82) is 0 Å². The van der Waals surface area contributed by atoms with E-state index >= 15 is 4.39 Å². The number of carbonyl (C=O) groups excluding carboxylic acids is 1. The van der Waals surface area contributed by atoms with Crippen LogP contribution in [-0.2, 0) is 48.7 Å². The monoisotopic (exact) mass is 712 g/mol. The number of nitrogens with one attached hydrogen (secondary N) is 2. The number of hydrogen-bond acceptors (Lipinski definition) is 18. The number of hydrogen-bond donors (Lipinski definition) is 7. The van der Waals surface area contributed by atoms with Gasteiger partial charge < -0.3 is 39.9 Å². The number of aliphatic hydroxyl groups excluding tert-OH is 1. The van der Waals surface area contributed by atoms with Crippen LogP contribution in [0.5, 0.6) is 0 Å². The molecule has 0 spiro atoms. The number of fused-ring (bicyclic) bond motifs is 5. The van der Waals surface area contributed by atoms with Gasteiger partial charge in [0.1, 0.15) is 54.8 Å². The van der Waals surface area contributed by atoms with Crippen LogP contribution in [-0.4, -0.2) is 121 Å². The Morgan fingerprint density at radius 3 is 2.69 bits per heavy atom. The number of rotatable bonds is 2. The Bertz CT molecular complexity index is 1630. The number of aliphatic hydroxyl groups is 1. The summed E-state index contributed by atoms with van der Waals surface area (Å²) in [4.78, 5) is 41.2. The van der Waals surface area contributed by atoms with Crippen LogP contribution >= 0.6 is 25.8 Å². The Kier molecular flexibility index (Phi) is 8.18. The van der Waals surface area contributed by atoms with Crippen LogP contribution in [0.3, 0.4) is 0 Å². The molecule has 7 unspecified atom stereocenters. The minimum Gasteiger partial charge on any atom is -0.387 e. The number of aliphatic imine (C=N–C) groups is 1. The number of thiol groups is 1. The van der Waals surface area contributed by atoms with Crippen LogP contribution in [0.15, 0.2) is 17.6 Å². The molecule has 7 rings (SSSR count). The average Bonchev–Trinajstić information content (AvgIpc) is 3.72. The molecular weight excluding hydrogens is 685 g/mol. The van der Waals surface area contributed by atoms with Gasteiger partial charge in [-0.05, 0) is 11.8 Å². The molecule has 0 aliphatic carbocycles. The molecule has 5 aliphatic rings. The smallest absolute Gasteiger partial charge is 0.386 e. The molecular formula is C20H27FN10O10P2S2. The number of carbonyl (C=O) groups is 1. The largest absolute Gasteiger partial charge is 0.387 e. The van der Waals surface area contributed by atoms with Gasteiger partial charge in [0.25, 0.3) is 5.91 Å². The number of nitrogens with two attached hydrogens (primary N) is 2. The highest BCUT2D eigenvalue weighted by molar-refractivity contribution is 8.44. The van der Waals surface area contributed by atoms with Crippen molar-refractivity contribution < 1.29 is 51.3 Å². The summed E-state index contributed by atoms with van der Waals surface area (Å²) in [6.07, 6.45) is -9.88. The number of imidazole rings is 1. The third-order valence-corrected chi connectivity index (χ3v) is 10.9.